The Morgan fingerprint density at radius 3 is 2.61 bits per heavy atom. The second kappa shape index (κ2) is 10.2. The monoisotopic (exact) mass is 454 g/mol. The summed E-state index contributed by atoms with van der Waals surface area (Å²) in [6.07, 6.45) is 2.32. The molecule has 2 aromatic heterocycles. The third-order valence-electron chi connectivity index (χ3n) is 5.56. The number of likely N-dealkylation sites (tertiary alicyclic amines) is 1. The third kappa shape index (κ3) is 5.80. The number of amides is 1. The Bertz CT molecular complexity index is 993. The van der Waals surface area contributed by atoms with Crippen molar-refractivity contribution in [3.8, 4) is 9.88 Å². The summed E-state index contributed by atoms with van der Waals surface area (Å²) in [5.41, 5.74) is 2.03. The van der Waals surface area contributed by atoms with E-state index < -0.39 is 12.1 Å². The Balaban J connectivity index is 1.23. The van der Waals surface area contributed by atoms with Crippen LogP contribution in [0.15, 0.2) is 53.2 Å². The van der Waals surface area contributed by atoms with E-state index in [1.54, 1.807) is 18.3 Å². The summed E-state index contributed by atoms with van der Waals surface area (Å²) in [7, 11) is 0. The van der Waals surface area contributed by atoms with Gasteiger partial charge in [-0.3, -0.25) is 9.59 Å². The van der Waals surface area contributed by atoms with E-state index in [-0.39, 0.29) is 12.3 Å². The molecule has 1 aliphatic rings. The first kappa shape index (κ1) is 21.7. The van der Waals surface area contributed by atoms with Crippen LogP contribution in [0.3, 0.4) is 0 Å². The van der Waals surface area contributed by atoms with Gasteiger partial charge < -0.3 is 9.64 Å². The van der Waals surface area contributed by atoms with Gasteiger partial charge in [0.25, 0.3) is 5.91 Å². The molecule has 31 heavy (non-hydrogen) atoms. The third-order valence-corrected chi connectivity index (χ3v) is 7.49. The van der Waals surface area contributed by atoms with E-state index in [1.165, 1.54) is 16.9 Å². The Morgan fingerprint density at radius 1 is 1.13 bits per heavy atom. The number of benzene rings is 1. The first-order valence-electron chi connectivity index (χ1n) is 10.6. The van der Waals surface area contributed by atoms with E-state index >= 15 is 0 Å². The van der Waals surface area contributed by atoms with Crippen LogP contribution < -0.4 is 0 Å². The predicted molar refractivity (Wildman–Crippen MR) is 124 cm³/mol. The lowest BCUT2D eigenvalue weighted by Crippen LogP contribution is -2.44. The van der Waals surface area contributed by atoms with E-state index in [0.717, 1.165) is 29.1 Å². The van der Waals surface area contributed by atoms with Crippen molar-refractivity contribution < 1.29 is 14.3 Å². The number of ether oxygens (including phenoxy) is 1. The zero-order valence-corrected chi connectivity index (χ0v) is 19.2. The number of thiophene rings is 1. The van der Waals surface area contributed by atoms with E-state index in [4.69, 9.17) is 4.74 Å². The highest BCUT2D eigenvalue weighted by Gasteiger charge is 2.28. The van der Waals surface area contributed by atoms with Crippen molar-refractivity contribution in [1.82, 2.24) is 9.88 Å². The van der Waals surface area contributed by atoms with Crippen LogP contribution in [0.5, 0.6) is 0 Å². The number of hydrogen-bond acceptors (Lipinski definition) is 6. The number of nitrogens with zero attached hydrogens (tertiary/aromatic N) is 2. The smallest absolute Gasteiger partial charge is 0.312 e. The van der Waals surface area contributed by atoms with Crippen molar-refractivity contribution in [3.63, 3.8) is 0 Å². The summed E-state index contributed by atoms with van der Waals surface area (Å²) < 4.78 is 5.43. The van der Waals surface area contributed by atoms with Crippen molar-refractivity contribution in [1.29, 1.82) is 0 Å². The summed E-state index contributed by atoms with van der Waals surface area (Å²) in [6.45, 7) is 3.09. The van der Waals surface area contributed by atoms with Crippen molar-refractivity contribution in [2.24, 2.45) is 5.92 Å². The van der Waals surface area contributed by atoms with Gasteiger partial charge in [-0.15, -0.1) is 22.7 Å². The normalized spacial score (nSPS) is 15.6. The molecule has 1 unspecified atom stereocenters. The summed E-state index contributed by atoms with van der Waals surface area (Å²) in [4.78, 5) is 32.5. The fraction of sp³-hybridized carbons (Fsp3) is 0.375. The lowest BCUT2D eigenvalue weighted by Gasteiger charge is -2.33. The molecule has 0 spiro atoms. The maximum absolute atomic E-state index is 12.7. The molecule has 7 heteroatoms. The van der Waals surface area contributed by atoms with Crippen LogP contribution in [0.1, 0.15) is 31.0 Å². The minimum absolute atomic E-state index is 0.0820. The van der Waals surface area contributed by atoms with Crippen LogP contribution in [0.4, 0.5) is 0 Å². The largest absolute Gasteiger partial charge is 0.452 e. The second-order valence-corrected chi connectivity index (χ2v) is 9.69. The molecule has 1 aromatic carbocycles. The van der Waals surface area contributed by atoms with E-state index in [0.29, 0.717) is 24.7 Å². The van der Waals surface area contributed by atoms with Crippen LogP contribution in [-0.4, -0.2) is 41.0 Å². The molecule has 0 radical (unpaired) electrons. The highest BCUT2D eigenvalue weighted by molar-refractivity contribution is 7.20. The zero-order chi connectivity index (χ0) is 21.6. The van der Waals surface area contributed by atoms with Gasteiger partial charge in [0.05, 0.1) is 17.0 Å². The molecule has 1 saturated heterocycles. The molecule has 0 N–H and O–H groups in total. The van der Waals surface area contributed by atoms with E-state index in [9.17, 15) is 9.59 Å². The Labute approximate surface area is 190 Å². The minimum Gasteiger partial charge on any atom is -0.452 e. The van der Waals surface area contributed by atoms with Crippen LogP contribution in [0.25, 0.3) is 9.88 Å². The van der Waals surface area contributed by atoms with Gasteiger partial charge in [0.1, 0.15) is 5.01 Å². The molecule has 1 atom stereocenters. The number of piperidine rings is 1. The molecule has 4 rings (SSSR count). The van der Waals surface area contributed by atoms with E-state index in [2.05, 4.69) is 29.2 Å². The minimum atomic E-state index is -0.770. The topological polar surface area (TPSA) is 59.5 Å². The number of aromatic nitrogens is 1. The van der Waals surface area contributed by atoms with Gasteiger partial charge in [0.2, 0.25) is 0 Å². The van der Waals surface area contributed by atoms with Crippen molar-refractivity contribution in [2.45, 2.75) is 38.7 Å². The summed E-state index contributed by atoms with van der Waals surface area (Å²) in [6, 6.07) is 14.5. The number of carbonyl (C=O) groups is 2. The van der Waals surface area contributed by atoms with Crippen LogP contribution in [0, 0.1) is 5.92 Å². The van der Waals surface area contributed by atoms with Crippen LogP contribution in [0.2, 0.25) is 0 Å². The standard InChI is InChI=1S/C24H26N2O3S2/c1-17(29-22(27)15-20-16-31-23(25-20)21-8-5-13-30-21)24(28)26-11-9-19(10-12-26)14-18-6-3-2-4-7-18/h2-8,13,16-17,19H,9-12,14-15H2,1H3. The van der Waals surface area contributed by atoms with Crippen molar-refractivity contribution in [2.75, 3.05) is 13.1 Å². The fourth-order valence-electron chi connectivity index (χ4n) is 3.90. The van der Waals surface area contributed by atoms with Crippen molar-refractivity contribution >= 4 is 34.6 Å². The van der Waals surface area contributed by atoms with Gasteiger partial charge in [-0.1, -0.05) is 36.4 Å². The molecular formula is C24H26N2O3S2. The first-order chi connectivity index (χ1) is 15.1. The molecule has 1 fully saturated rings. The Kier molecular flexibility index (Phi) is 7.14. The lowest BCUT2D eigenvalue weighted by atomic mass is 9.90. The van der Waals surface area contributed by atoms with Crippen molar-refractivity contribution in [3.05, 3.63) is 64.5 Å². The maximum Gasteiger partial charge on any atom is 0.312 e. The molecule has 3 heterocycles. The number of rotatable bonds is 7. The van der Waals surface area contributed by atoms with Gasteiger partial charge in [-0.05, 0) is 49.1 Å². The predicted octanol–water partition coefficient (Wildman–Crippen LogP) is 4.83. The molecule has 0 bridgehead atoms. The highest BCUT2D eigenvalue weighted by atomic mass is 32.1. The Hall–Kier alpha value is -2.51. The average Bonchev–Trinajstić information content (AvgIpc) is 3.46. The van der Waals surface area contributed by atoms with Crippen LogP contribution in [-0.2, 0) is 27.2 Å². The van der Waals surface area contributed by atoms with Crippen LogP contribution >= 0.6 is 22.7 Å². The van der Waals surface area contributed by atoms with Gasteiger partial charge in [0.15, 0.2) is 6.10 Å². The van der Waals surface area contributed by atoms with Gasteiger partial charge in [0, 0.05) is 18.5 Å². The molecule has 162 valence electrons. The van der Waals surface area contributed by atoms with Gasteiger partial charge in [-0.2, -0.15) is 0 Å². The zero-order valence-electron chi connectivity index (χ0n) is 17.5. The SMILES string of the molecule is CC(OC(=O)Cc1csc(-c2cccs2)n1)C(=O)N1CCC(Cc2ccccc2)CC1. The quantitative estimate of drug-likeness (QED) is 0.480. The lowest BCUT2D eigenvalue weighted by molar-refractivity contribution is -0.159. The molecule has 0 saturated carbocycles. The summed E-state index contributed by atoms with van der Waals surface area (Å²) in [5.74, 6) is 0.0680. The molecular weight excluding hydrogens is 428 g/mol. The molecule has 3 aromatic rings. The maximum atomic E-state index is 12.7. The summed E-state index contributed by atoms with van der Waals surface area (Å²) in [5, 5.41) is 4.78. The molecule has 0 aliphatic carbocycles. The van der Waals surface area contributed by atoms with Gasteiger partial charge >= 0.3 is 5.97 Å². The molecule has 5 nitrogen and oxygen atoms in total. The summed E-state index contributed by atoms with van der Waals surface area (Å²) >= 11 is 3.13. The fourth-order valence-corrected chi connectivity index (χ4v) is 5.53. The number of carbonyl (C=O) groups excluding carboxylic acids is 2. The number of esters is 1. The first-order valence-corrected chi connectivity index (χ1v) is 12.3. The molecule has 1 amide bonds. The average molecular weight is 455 g/mol. The Morgan fingerprint density at radius 2 is 1.90 bits per heavy atom. The number of thiazole rings is 1. The highest BCUT2D eigenvalue weighted by Crippen LogP contribution is 2.28. The number of hydrogen-bond donors (Lipinski definition) is 0. The van der Waals surface area contributed by atoms with Gasteiger partial charge in [-0.25, -0.2) is 4.98 Å². The molecule has 1 aliphatic heterocycles. The van der Waals surface area contributed by atoms with E-state index in [1.807, 2.05) is 33.9 Å². The second-order valence-electron chi connectivity index (χ2n) is 7.89.